The van der Waals surface area contributed by atoms with Gasteiger partial charge in [-0.05, 0) is 46.1 Å². The van der Waals surface area contributed by atoms with E-state index in [9.17, 15) is 14.4 Å². The molecule has 1 unspecified atom stereocenters. The van der Waals surface area contributed by atoms with Crippen molar-refractivity contribution in [3.05, 3.63) is 24.3 Å². The van der Waals surface area contributed by atoms with Crippen LogP contribution in [0.1, 0.15) is 40.0 Å². The molecule has 4 rings (SSSR count). The first kappa shape index (κ1) is 22.0. The van der Waals surface area contributed by atoms with E-state index >= 15 is 0 Å². The molecule has 4 heterocycles. The number of aliphatic hydroxyl groups excluding tert-OH is 1. The smallest absolute Gasteiger partial charge is 0.313 e. The molecule has 2 fully saturated rings. The standard InChI is InChI=1S/C23H32N2O6/c1-15(2)24-12-7-10-23-16(17-21(29)30-14-8-9-22(17,3)31-23)19(27)25(18(23)20(24)28)11-5-4-6-13-26/h7-10,15-18,26H,4-6,11-14H2,1-3H3/t16-,17-,18?,22+,23-/m0/s1. The number of carbonyl (C=O) groups excluding carboxylic acids is 3. The highest BCUT2D eigenvalue weighted by Gasteiger charge is 2.74. The molecule has 1 N–H and O–H groups in total. The number of fused-ring (bicyclic) bond motifs is 2. The summed E-state index contributed by atoms with van der Waals surface area (Å²) in [4.78, 5) is 43.8. The molecule has 4 aliphatic rings. The van der Waals surface area contributed by atoms with Gasteiger partial charge >= 0.3 is 5.97 Å². The zero-order chi connectivity index (χ0) is 22.4. The summed E-state index contributed by atoms with van der Waals surface area (Å²) in [5.74, 6) is -2.49. The van der Waals surface area contributed by atoms with Gasteiger partial charge in [-0.2, -0.15) is 0 Å². The maximum Gasteiger partial charge on any atom is 0.313 e. The van der Waals surface area contributed by atoms with Crippen LogP contribution in [0, 0.1) is 11.8 Å². The van der Waals surface area contributed by atoms with Crippen molar-refractivity contribution in [2.45, 2.75) is 63.3 Å². The molecule has 4 aliphatic heterocycles. The minimum atomic E-state index is -1.21. The number of cyclic esters (lactones) is 1. The molecular weight excluding hydrogens is 400 g/mol. The van der Waals surface area contributed by atoms with Crippen molar-refractivity contribution in [3.8, 4) is 0 Å². The van der Waals surface area contributed by atoms with Gasteiger partial charge in [-0.3, -0.25) is 14.4 Å². The molecule has 0 aromatic rings. The van der Waals surface area contributed by atoms with E-state index < -0.39 is 35.0 Å². The van der Waals surface area contributed by atoms with E-state index in [0.29, 0.717) is 25.9 Å². The molecule has 0 aliphatic carbocycles. The van der Waals surface area contributed by atoms with Crippen LogP contribution >= 0.6 is 0 Å². The van der Waals surface area contributed by atoms with E-state index in [1.807, 2.05) is 26.0 Å². The summed E-state index contributed by atoms with van der Waals surface area (Å²) in [5, 5.41) is 9.09. The first-order valence-electron chi connectivity index (χ1n) is 11.2. The Morgan fingerprint density at radius 2 is 1.87 bits per heavy atom. The summed E-state index contributed by atoms with van der Waals surface area (Å²) in [6.07, 6.45) is 9.32. The second-order valence-corrected chi connectivity index (χ2v) is 9.33. The van der Waals surface area contributed by atoms with Crippen LogP contribution in [-0.4, -0.2) is 82.3 Å². The number of nitrogens with zero attached hydrogens (tertiary/aromatic N) is 2. The van der Waals surface area contributed by atoms with Crippen LogP contribution in [0.2, 0.25) is 0 Å². The van der Waals surface area contributed by atoms with Crippen LogP contribution in [-0.2, 0) is 23.9 Å². The third kappa shape index (κ3) is 3.31. The molecule has 8 nitrogen and oxygen atoms in total. The lowest BCUT2D eigenvalue weighted by atomic mass is 9.75. The van der Waals surface area contributed by atoms with Gasteiger partial charge in [-0.25, -0.2) is 0 Å². The zero-order valence-electron chi connectivity index (χ0n) is 18.5. The molecule has 2 amide bonds. The number of likely N-dealkylation sites (tertiary alicyclic amines) is 1. The number of carbonyl (C=O) groups is 3. The molecule has 0 bridgehead atoms. The lowest BCUT2D eigenvalue weighted by molar-refractivity contribution is -0.158. The highest BCUT2D eigenvalue weighted by Crippen LogP contribution is 2.57. The molecule has 2 saturated heterocycles. The number of esters is 1. The molecule has 0 saturated carbocycles. The quantitative estimate of drug-likeness (QED) is 0.383. The van der Waals surface area contributed by atoms with Gasteiger partial charge in [0.25, 0.3) is 0 Å². The number of hydrogen-bond acceptors (Lipinski definition) is 6. The third-order valence-electron chi connectivity index (χ3n) is 7.02. The Labute approximate surface area is 182 Å². The van der Waals surface area contributed by atoms with Crippen LogP contribution in [0.25, 0.3) is 0 Å². The van der Waals surface area contributed by atoms with E-state index in [1.165, 1.54) is 0 Å². The van der Waals surface area contributed by atoms with Gasteiger partial charge in [0.15, 0.2) is 0 Å². The molecule has 0 aromatic carbocycles. The molecule has 31 heavy (non-hydrogen) atoms. The summed E-state index contributed by atoms with van der Waals surface area (Å²) in [5.41, 5.74) is -2.23. The predicted octanol–water partition coefficient (Wildman–Crippen LogP) is 1.04. The summed E-state index contributed by atoms with van der Waals surface area (Å²) in [7, 11) is 0. The van der Waals surface area contributed by atoms with Crippen LogP contribution < -0.4 is 0 Å². The molecule has 170 valence electrons. The SMILES string of the molecule is CC(C)N1CC=C[C@]23O[C@]4(C)C=CCOC(=O)[C@@H]4[C@H]2C(=O)N(CCCCCO)C3C1=O. The lowest BCUT2D eigenvalue weighted by Gasteiger charge is -2.38. The fourth-order valence-corrected chi connectivity index (χ4v) is 5.65. The maximum absolute atomic E-state index is 13.8. The predicted molar refractivity (Wildman–Crippen MR) is 112 cm³/mol. The molecule has 0 radical (unpaired) electrons. The zero-order valence-corrected chi connectivity index (χ0v) is 18.5. The van der Waals surface area contributed by atoms with Gasteiger partial charge in [0.1, 0.15) is 24.2 Å². The van der Waals surface area contributed by atoms with Crippen LogP contribution in [0.4, 0.5) is 0 Å². The summed E-state index contributed by atoms with van der Waals surface area (Å²) in [6.45, 7) is 6.74. The summed E-state index contributed by atoms with van der Waals surface area (Å²) < 4.78 is 12.0. The Kier molecular flexibility index (Phi) is 5.72. The van der Waals surface area contributed by atoms with Gasteiger partial charge in [0, 0.05) is 25.7 Å². The average molecular weight is 433 g/mol. The number of rotatable bonds is 6. The third-order valence-corrected chi connectivity index (χ3v) is 7.02. The Morgan fingerprint density at radius 3 is 2.58 bits per heavy atom. The van der Waals surface area contributed by atoms with Crippen molar-refractivity contribution in [1.82, 2.24) is 9.80 Å². The van der Waals surface area contributed by atoms with Crippen LogP contribution in [0.15, 0.2) is 24.3 Å². The number of hydrogen-bond donors (Lipinski definition) is 1. The van der Waals surface area contributed by atoms with E-state index in [-0.39, 0.29) is 31.1 Å². The van der Waals surface area contributed by atoms with Crippen molar-refractivity contribution in [1.29, 1.82) is 0 Å². The van der Waals surface area contributed by atoms with Crippen LogP contribution in [0.5, 0.6) is 0 Å². The van der Waals surface area contributed by atoms with Gasteiger partial charge in [0.2, 0.25) is 11.8 Å². The molecule has 0 aromatic heterocycles. The number of amides is 2. The summed E-state index contributed by atoms with van der Waals surface area (Å²) in [6, 6.07) is -0.866. The Morgan fingerprint density at radius 1 is 1.10 bits per heavy atom. The highest BCUT2D eigenvalue weighted by molar-refractivity contribution is 5.99. The van der Waals surface area contributed by atoms with Crippen molar-refractivity contribution in [3.63, 3.8) is 0 Å². The molecule has 1 spiro atoms. The Hall–Kier alpha value is -2.19. The number of unbranched alkanes of at least 4 members (excludes halogenated alkanes) is 2. The van der Waals surface area contributed by atoms with Crippen LogP contribution in [0.3, 0.4) is 0 Å². The fraction of sp³-hybridized carbons (Fsp3) is 0.696. The van der Waals surface area contributed by atoms with Crippen molar-refractivity contribution in [2.24, 2.45) is 11.8 Å². The second-order valence-electron chi connectivity index (χ2n) is 9.33. The van der Waals surface area contributed by atoms with E-state index in [0.717, 1.165) is 6.42 Å². The first-order chi connectivity index (χ1) is 14.8. The van der Waals surface area contributed by atoms with Crippen molar-refractivity contribution in [2.75, 3.05) is 26.3 Å². The first-order valence-corrected chi connectivity index (χ1v) is 11.2. The second kappa shape index (κ2) is 8.06. The van der Waals surface area contributed by atoms with E-state index in [1.54, 1.807) is 28.9 Å². The normalized spacial score (nSPS) is 36.9. The fourth-order valence-electron chi connectivity index (χ4n) is 5.65. The average Bonchev–Trinajstić information content (AvgIpc) is 2.96. The number of aliphatic hydroxyl groups is 1. The summed E-state index contributed by atoms with van der Waals surface area (Å²) >= 11 is 0. The Bertz CT molecular complexity index is 823. The van der Waals surface area contributed by atoms with Crippen molar-refractivity contribution >= 4 is 17.8 Å². The highest BCUT2D eigenvalue weighted by atomic mass is 16.6. The van der Waals surface area contributed by atoms with E-state index in [4.69, 9.17) is 14.6 Å². The van der Waals surface area contributed by atoms with Gasteiger partial charge < -0.3 is 24.4 Å². The monoisotopic (exact) mass is 432 g/mol. The lowest BCUT2D eigenvalue weighted by Crippen LogP contribution is -2.57. The van der Waals surface area contributed by atoms with E-state index in [2.05, 4.69) is 0 Å². The largest absolute Gasteiger partial charge is 0.461 e. The minimum absolute atomic E-state index is 0.0370. The minimum Gasteiger partial charge on any atom is -0.461 e. The van der Waals surface area contributed by atoms with Gasteiger partial charge in [0.05, 0.1) is 11.5 Å². The molecular formula is C23H32N2O6. The molecule has 5 atom stereocenters. The van der Waals surface area contributed by atoms with Gasteiger partial charge in [-0.15, -0.1) is 0 Å². The van der Waals surface area contributed by atoms with Crippen molar-refractivity contribution < 1.29 is 29.0 Å². The molecule has 8 heteroatoms. The topological polar surface area (TPSA) is 96.4 Å². The Balaban J connectivity index is 1.79. The van der Waals surface area contributed by atoms with Gasteiger partial charge in [-0.1, -0.05) is 18.2 Å². The maximum atomic E-state index is 13.8. The number of ether oxygens (including phenoxy) is 2.